The smallest absolute Gasteiger partial charge is 0.418 e. The van der Waals surface area contributed by atoms with E-state index in [9.17, 15) is 18.4 Å². The Labute approximate surface area is 172 Å². The van der Waals surface area contributed by atoms with Crippen molar-refractivity contribution in [2.75, 3.05) is 12.8 Å². The van der Waals surface area contributed by atoms with Crippen molar-refractivity contribution in [3.63, 3.8) is 0 Å². The van der Waals surface area contributed by atoms with Gasteiger partial charge in [0, 0.05) is 17.8 Å². The molecule has 0 bridgehead atoms. The van der Waals surface area contributed by atoms with Gasteiger partial charge in [-0.1, -0.05) is 18.9 Å². The zero-order valence-corrected chi connectivity index (χ0v) is 17.1. The topological polar surface area (TPSA) is 68.9 Å². The van der Waals surface area contributed by atoms with Crippen LogP contribution in [0.15, 0.2) is 18.3 Å². The van der Waals surface area contributed by atoms with E-state index in [2.05, 4.69) is 0 Å². The van der Waals surface area contributed by atoms with Gasteiger partial charge in [0.1, 0.15) is 28.8 Å². The Morgan fingerprint density at radius 1 is 1.20 bits per heavy atom. The lowest BCUT2D eigenvalue weighted by atomic mass is 10.1. The van der Waals surface area contributed by atoms with E-state index in [1.807, 2.05) is 32.0 Å². The van der Waals surface area contributed by atoms with Gasteiger partial charge < -0.3 is 15.0 Å². The number of hydrogen-bond acceptors (Lipinski definition) is 3. The predicted octanol–water partition coefficient (Wildman–Crippen LogP) is 5.65. The SMILES string of the molecule is COc1ccc(C)c(-n2c(N)c(C#N)c3c(C(F)(F)F)cn(C4CCCC4)c32)c1C. The van der Waals surface area contributed by atoms with Crippen LogP contribution in [0, 0.1) is 25.2 Å². The number of alkyl halides is 3. The number of ether oxygens (including phenoxy) is 1. The third-order valence-electron chi connectivity index (χ3n) is 6.13. The summed E-state index contributed by atoms with van der Waals surface area (Å²) in [5, 5.41) is 9.61. The Morgan fingerprint density at radius 2 is 1.87 bits per heavy atom. The lowest BCUT2D eigenvalue weighted by Gasteiger charge is -2.20. The molecule has 158 valence electrons. The van der Waals surface area contributed by atoms with Gasteiger partial charge in [-0.05, 0) is 38.3 Å². The minimum Gasteiger partial charge on any atom is -0.496 e. The molecule has 30 heavy (non-hydrogen) atoms. The van der Waals surface area contributed by atoms with E-state index in [0.29, 0.717) is 17.1 Å². The highest BCUT2D eigenvalue weighted by atomic mass is 19.4. The lowest BCUT2D eigenvalue weighted by molar-refractivity contribution is -0.136. The second-order valence-corrected chi connectivity index (χ2v) is 7.85. The number of rotatable bonds is 3. The number of methoxy groups -OCH3 is 1. The fourth-order valence-electron chi connectivity index (χ4n) is 4.74. The number of aryl methyl sites for hydroxylation is 1. The average Bonchev–Trinajstić information content (AvgIpc) is 3.38. The molecule has 0 radical (unpaired) electrons. The summed E-state index contributed by atoms with van der Waals surface area (Å²) < 4.78 is 50.6. The molecule has 1 aliphatic carbocycles. The van der Waals surface area contributed by atoms with Crippen LogP contribution in [0.3, 0.4) is 0 Å². The van der Waals surface area contributed by atoms with Crippen molar-refractivity contribution in [3.05, 3.63) is 40.6 Å². The molecule has 2 aromatic heterocycles. The summed E-state index contributed by atoms with van der Waals surface area (Å²) in [6.45, 7) is 3.71. The number of nitriles is 1. The van der Waals surface area contributed by atoms with Crippen molar-refractivity contribution in [2.45, 2.75) is 51.7 Å². The molecule has 5 nitrogen and oxygen atoms in total. The Morgan fingerprint density at radius 3 is 2.43 bits per heavy atom. The number of fused-ring (bicyclic) bond motifs is 1. The summed E-state index contributed by atoms with van der Waals surface area (Å²) in [6, 6.07) is 5.51. The van der Waals surface area contributed by atoms with E-state index in [0.717, 1.165) is 43.0 Å². The second-order valence-electron chi connectivity index (χ2n) is 7.85. The molecule has 3 aromatic rings. The van der Waals surface area contributed by atoms with Crippen LogP contribution in [-0.2, 0) is 6.18 Å². The van der Waals surface area contributed by atoms with Crippen molar-refractivity contribution in [2.24, 2.45) is 0 Å². The Hall–Kier alpha value is -3.08. The van der Waals surface area contributed by atoms with Crippen LogP contribution in [-0.4, -0.2) is 16.2 Å². The van der Waals surface area contributed by atoms with E-state index in [-0.39, 0.29) is 22.8 Å². The number of halogens is 3. The van der Waals surface area contributed by atoms with Crippen molar-refractivity contribution < 1.29 is 17.9 Å². The number of nitrogens with zero attached hydrogens (tertiary/aromatic N) is 3. The van der Waals surface area contributed by atoms with E-state index < -0.39 is 11.7 Å². The van der Waals surface area contributed by atoms with Crippen LogP contribution < -0.4 is 10.5 Å². The maximum absolute atomic E-state index is 14.0. The van der Waals surface area contributed by atoms with Crippen LogP contribution in [0.1, 0.15) is 54.0 Å². The molecule has 1 fully saturated rings. The maximum Gasteiger partial charge on any atom is 0.418 e. The van der Waals surface area contributed by atoms with Crippen molar-refractivity contribution in [1.29, 1.82) is 5.26 Å². The molecular formula is C22H23F3N4O. The predicted molar refractivity (Wildman–Crippen MR) is 109 cm³/mol. The fraction of sp³-hybridized carbons (Fsp3) is 0.409. The minimum atomic E-state index is -4.59. The Bertz CT molecular complexity index is 1170. The van der Waals surface area contributed by atoms with Gasteiger partial charge in [-0.15, -0.1) is 0 Å². The maximum atomic E-state index is 14.0. The monoisotopic (exact) mass is 416 g/mol. The molecule has 1 aromatic carbocycles. The van der Waals surface area contributed by atoms with Crippen LogP contribution in [0.4, 0.5) is 19.0 Å². The number of nitrogens with two attached hydrogens (primary N) is 1. The number of hydrogen-bond donors (Lipinski definition) is 1. The first kappa shape index (κ1) is 20.2. The molecule has 1 saturated carbocycles. The zero-order valence-electron chi connectivity index (χ0n) is 17.1. The highest BCUT2D eigenvalue weighted by Gasteiger charge is 2.39. The highest BCUT2D eigenvalue weighted by molar-refractivity contribution is 5.96. The quantitative estimate of drug-likeness (QED) is 0.600. The van der Waals surface area contributed by atoms with Crippen LogP contribution >= 0.6 is 0 Å². The summed E-state index contributed by atoms with van der Waals surface area (Å²) in [6.07, 6.45) is 0.0791. The molecule has 0 atom stereocenters. The fourth-order valence-corrected chi connectivity index (χ4v) is 4.74. The molecule has 0 spiro atoms. The molecule has 0 saturated heterocycles. The molecule has 4 rings (SSSR count). The van der Waals surface area contributed by atoms with Crippen LogP contribution in [0.5, 0.6) is 5.75 Å². The Balaban J connectivity index is 2.18. The normalized spacial score (nSPS) is 15.1. The Kier molecular flexibility index (Phi) is 4.72. The first-order valence-corrected chi connectivity index (χ1v) is 9.87. The molecule has 8 heteroatoms. The summed E-state index contributed by atoms with van der Waals surface area (Å²) in [7, 11) is 1.54. The average molecular weight is 416 g/mol. The van der Waals surface area contributed by atoms with Gasteiger partial charge in [0.2, 0.25) is 0 Å². The third kappa shape index (κ3) is 2.83. The lowest BCUT2D eigenvalue weighted by Crippen LogP contribution is -2.11. The van der Waals surface area contributed by atoms with E-state index in [1.165, 1.54) is 0 Å². The van der Waals surface area contributed by atoms with Gasteiger partial charge in [0.25, 0.3) is 0 Å². The minimum absolute atomic E-state index is 0.0137. The summed E-state index contributed by atoms with van der Waals surface area (Å²) in [5.74, 6) is 0.616. The van der Waals surface area contributed by atoms with Gasteiger partial charge in [-0.25, -0.2) is 0 Å². The van der Waals surface area contributed by atoms with Crippen molar-refractivity contribution in [3.8, 4) is 17.5 Å². The van der Waals surface area contributed by atoms with Gasteiger partial charge in [-0.2, -0.15) is 18.4 Å². The summed E-state index contributed by atoms with van der Waals surface area (Å²) in [5.41, 5.74) is 7.91. The van der Waals surface area contributed by atoms with Crippen LogP contribution in [0.25, 0.3) is 16.7 Å². The van der Waals surface area contributed by atoms with E-state index in [4.69, 9.17) is 10.5 Å². The summed E-state index contributed by atoms with van der Waals surface area (Å²) in [4.78, 5) is 0. The standard InChI is InChI=1S/C22H23F3N4O/c1-12-8-9-17(30-3)13(2)19(12)29-20(27)15(10-26)18-16(22(23,24)25)11-28(21(18)29)14-6-4-5-7-14/h8-9,11,14H,4-7,27H2,1-3H3. The van der Waals surface area contributed by atoms with E-state index >= 15 is 0 Å². The van der Waals surface area contributed by atoms with Crippen molar-refractivity contribution >= 4 is 16.9 Å². The molecule has 2 N–H and O–H groups in total. The molecular weight excluding hydrogens is 393 g/mol. The first-order chi connectivity index (χ1) is 14.2. The van der Waals surface area contributed by atoms with Crippen LogP contribution in [0.2, 0.25) is 0 Å². The van der Waals surface area contributed by atoms with Crippen molar-refractivity contribution in [1.82, 2.24) is 9.13 Å². The molecule has 2 heterocycles. The van der Waals surface area contributed by atoms with Gasteiger partial charge >= 0.3 is 6.18 Å². The molecule has 0 aliphatic heterocycles. The molecule has 1 aliphatic rings. The third-order valence-corrected chi connectivity index (χ3v) is 6.13. The highest BCUT2D eigenvalue weighted by Crippen LogP contribution is 2.46. The second kappa shape index (κ2) is 7.01. The number of nitrogen functional groups attached to an aromatic ring is 1. The molecule has 0 unspecified atom stereocenters. The zero-order chi connectivity index (χ0) is 21.8. The number of benzene rings is 1. The first-order valence-electron chi connectivity index (χ1n) is 9.87. The largest absolute Gasteiger partial charge is 0.496 e. The number of aromatic nitrogens is 2. The van der Waals surface area contributed by atoms with Gasteiger partial charge in [0.05, 0.1) is 23.7 Å². The number of anilines is 1. The van der Waals surface area contributed by atoms with E-state index in [1.54, 1.807) is 16.2 Å². The van der Waals surface area contributed by atoms with Gasteiger partial charge in [-0.3, -0.25) is 4.57 Å². The van der Waals surface area contributed by atoms with Gasteiger partial charge in [0.15, 0.2) is 0 Å². The summed E-state index contributed by atoms with van der Waals surface area (Å²) >= 11 is 0. The molecule has 0 amide bonds.